The predicted molar refractivity (Wildman–Crippen MR) is 153 cm³/mol. The summed E-state index contributed by atoms with van der Waals surface area (Å²) < 4.78 is 41.8. The highest BCUT2D eigenvalue weighted by Gasteiger charge is 2.31. The maximum atomic E-state index is 13.6. The van der Waals surface area contributed by atoms with Gasteiger partial charge >= 0.3 is 0 Å². The molecule has 12 heteroatoms. The van der Waals surface area contributed by atoms with Crippen LogP contribution in [0.2, 0.25) is 0 Å². The number of rotatable bonds is 9. The number of hydrogen-bond acceptors (Lipinski definition) is 8. The zero-order valence-electron chi connectivity index (χ0n) is 22.7. The van der Waals surface area contributed by atoms with Crippen LogP contribution in [0.3, 0.4) is 0 Å². The number of benzene rings is 2. The quantitative estimate of drug-likeness (QED) is 0.267. The SMILES string of the molecule is Cc1cc(CN2CCC(N(C)S(=O)(=O)c3ccc(Nc4nccc(Nc5ccc(F)c(C)c5)n4)cc3)CC2)[nH]n1. The zero-order chi connectivity index (χ0) is 28.3. The minimum atomic E-state index is -3.65. The van der Waals surface area contributed by atoms with Crippen molar-refractivity contribution >= 4 is 33.2 Å². The van der Waals surface area contributed by atoms with Crippen molar-refractivity contribution in [2.45, 2.75) is 44.2 Å². The summed E-state index contributed by atoms with van der Waals surface area (Å²) in [5.74, 6) is 0.609. The first kappa shape index (κ1) is 27.7. The molecule has 3 N–H and O–H groups in total. The lowest BCUT2D eigenvalue weighted by Crippen LogP contribution is -2.45. The average molecular weight is 565 g/mol. The zero-order valence-corrected chi connectivity index (χ0v) is 23.5. The maximum absolute atomic E-state index is 13.6. The van der Waals surface area contributed by atoms with Gasteiger partial charge in [-0.15, -0.1) is 0 Å². The van der Waals surface area contributed by atoms with Crippen LogP contribution < -0.4 is 10.6 Å². The molecule has 5 rings (SSSR count). The number of H-pyrrole nitrogens is 1. The number of likely N-dealkylation sites (tertiary alicyclic amines) is 1. The minimum Gasteiger partial charge on any atom is -0.340 e. The summed E-state index contributed by atoms with van der Waals surface area (Å²) >= 11 is 0. The van der Waals surface area contributed by atoms with E-state index in [-0.39, 0.29) is 16.8 Å². The Labute approximate surface area is 233 Å². The molecule has 40 heavy (non-hydrogen) atoms. The van der Waals surface area contributed by atoms with E-state index in [0.29, 0.717) is 28.7 Å². The van der Waals surface area contributed by atoms with Crippen LogP contribution in [0.5, 0.6) is 0 Å². The van der Waals surface area contributed by atoms with E-state index >= 15 is 0 Å². The Morgan fingerprint density at radius 2 is 1.75 bits per heavy atom. The van der Waals surface area contributed by atoms with Gasteiger partial charge in [-0.2, -0.15) is 14.4 Å². The largest absolute Gasteiger partial charge is 0.340 e. The summed E-state index contributed by atoms with van der Waals surface area (Å²) in [6.45, 7) is 6.08. The van der Waals surface area contributed by atoms with Gasteiger partial charge < -0.3 is 10.6 Å². The molecule has 2 aromatic carbocycles. The molecular weight excluding hydrogens is 531 g/mol. The Hall–Kier alpha value is -3.87. The standard InChI is InChI=1S/C28H33FN8O2S/c1-19-16-22(6-9-26(19)29)31-27-10-13-30-28(33-27)32-21-4-7-25(8-5-21)40(38,39)36(3)24-11-14-37(15-12-24)18-23-17-20(2)34-35-23/h4-10,13,16-17,24H,11-12,14-15,18H2,1-3H3,(H,34,35)(H2,30,31,32,33). The lowest BCUT2D eigenvalue weighted by atomic mass is 10.1. The van der Waals surface area contributed by atoms with Crippen LogP contribution in [0.25, 0.3) is 0 Å². The molecule has 0 unspecified atom stereocenters. The van der Waals surface area contributed by atoms with Crippen LogP contribution >= 0.6 is 0 Å². The van der Waals surface area contributed by atoms with Crippen molar-refractivity contribution in [3.8, 4) is 0 Å². The molecule has 1 aliphatic rings. The topological polar surface area (TPSA) is 119 Å². The van der Waals surface area contributed by atoms with Gasteiger partial charge in [0.2, 0.25) is 16.0 Å². The van der Waals surface area contributed by atoms with Crippen LogP contribution in [0.4, 0.5) is 27.5 Å². The van der Waals surface area contributed by atoms with E-state index < -0.39 is 10.0 Å². The van der Waals surface area contributed by atoms with Crippen molar-refractivity contribution in [3.05, 3.63) is 83.6 Å². The van der Waals surface area contributed by atoms with Crippen LogP contribution in [-0.4, -0.2) is 64.0 Å². The highest BCUT2D eigenvalue weighted by Crippen LogP contribution is 2.25. The van der Waals surface area contributed by atoms with E-state index in [0.717, 1.165) is 43.9 Å². The molecule has 2 aromatic heterocycles. The fourth-order valence-electron chi connectivity index (χ4n) is 4.80. The first-order valence-electron chi connectivity index (χ1n) is 13.1. The van der Waals surface area contributed by atoms with E-state index in [9.17, 15) is 12.8 Å². The molecule has 0 aliphatic carbocycles. The van der Waals surface area contributed by atoms with Crippen molar-refractivity contribution < 1.29 is 12.8 Å². The van der Waals surface area contributed by atoms with Crippen LogP contribution in [0, 0.1) is 19.7 Å². The molecule has 4 aromatic rings. The number of anilines is 4. The highest BCUT2D eigenvalue weighted by atomic mass is 32.2. The smallest absolute Gasteiger partial charge is 0.243 e. The molecule has 0 saturated carbocycles. The Bertz CT molecular complexity index is 1570. The summed E-state index contributed by atoms with van der Waals surface area (Å²) in [5, 5.41) is 13.5. The van der Waals surface area contributed by atoms with Gasteiger partial charge in [0.05, 0.1) is 10.6 Å². The monoisotopic (exact) mass is 564 g/mol. The first-order valence-corrected chi connectivity index (χ1v) is 14.6. The normalized spacial score (nSPS) is 14.9. The summed E-state index contributed by atoms with van der Waals surface area (Å²) in [7, 11) is -1.98. The fourth-order valence-corrected chi connectivity index (χ4v) is 6.22. The van der Waals surface area contributed by atoms with Gasteiger partial charge in [0.25, 0.3) is 0 Å². The van der Waals surface area contributed by atoms with Gasteiger partial charge in [-0.05, 0) is 86.8 Å². The summed E-state index contributed by atoms with van der Waals surface area (Å²) in [6, 6.07) is 15.0. The molecule has 10 nitrogen and oxygen atoms in total. The predicted octanol–water partition coefficient (Wildman–Crippen LogP) is 4.73. The number of nitrogens with one attached hydrogen (secondary N) is 3. The van der Waals surface area contributed by atoms with Crippen molar-refractivity contribution in [1.82, 2.24) is 29.4 Å². The molecule has 0 amide bonds. The molecule has 1 saturated heterocycles. The highest BCUT2D eigenvalue weighted by molar-refractivity contribution is 7.89. The Kier molecular flexibility index (Phi) is 8.10. The Morgan fingerprint density at radius 3 is 2.42 bits per heavy atom. The van der Waals surface area contributed by atoms with E-state index in [1.54, 1.807) is 62.6 Å². The molecule has 3 heterocycles. The molecule has 0 radical (unpaired) electrons. The van der Waals surface area contributed by atoms with Crippen LogP contribution in [0.1, 0.15) is 29.8 Å². The van der Waals surface area contributed by atoms with Gasteiger partial charge in [-0.1, -0.05) is 0 Å². The third-order valence-electron chi connectivity index (χ3n) is 7.10. The minimum absolute atomic E-state index is 0.0592. The van der Waals surface area contributed by atoms with E-state index in [1.807, 2.05) is 13.0 Å². The second kappa shape index (κ2) is 11.7. The second-order valence-corrected chi connectivity index (χ2v) is 12.1. The number of sulfonamides is 1. The molecule has 1 fully saturated rings. The summed E-state index contributed by atoms with van der Waals surface area (Å²) in [6.07, 6.45) is 3.13. The summed E-state index contributed by atoms with van der Waals surface area (Å²) in [5.41, 5.74) is 3.93. The first-order chi connectivity index (χ1) is 19.2. The molecule has 0 spiro atoms. The molecule has 0 bridgehead atoms. The lowest BCUT2D eigenvalue weighted by molar-refractivity contribution is 0.162. The molecule has 210 valence electrons. The van der Waals surface area contributed by atoms with Gasteiger partial charge in [0.15, 0.2) is 0 Å². The van der Waals surface area contributed by atoms with Crippen molar-refractivity contribution in [2.75, 3.05) is 30.8 Å². The third kappa shape index (κ3) is 6.46. The Balaban J connectivity index is 1.18. The number of hydrogen-bond donors (Lipinski definition) is 3. The van der Waals surface area contributed by atoms with Crippen molar-refractivity contribution in [1.29, 1.82) is 0 Å². The summed E-state index contributed by atoms with van der Waals surface area (Å²) in [4.78, 5) is 11.2. The van der Waals surface area contributed by atoms with E-state index in [1.165, 1.54) is 10.4 Å². The van der Waals surface area contributed by atoms with Crippen molar-refractivity contribution in [2.24, 2.45) is 0 Å². The van der Waals surface area contributed by atoms with Gasteiger partial charge in [-0.3, -0.25) is 10.00 Å². The van der Waals surface area contributed by atoms with E-state index in [2.05, 4.69) is 35.7 Å². The fraction of sp³-hybridized carbons (Fsp3) is 0.321. The van der Waals surface area contributed by atoms with Gasteiger partial charge in [-0.25, -0.2) is 17.8 Å². The second-order valence-electron chi connectivity index (χ2n) is 10.1. The van der Waals surface area contributed by atoms with Crippen molar-refractivity contribution in [3.63, 3.8) is 0 Å². The molecule has 1 aliphatic heterocycles. The number of aromatic amines is 1. The van der Waals surface area contributed by atoms with Gasteiger partial charge in [0.1, 0.15) is 11.6 Å². The lowest BCUT2D eigenvalue weighted by Gasteiger charge is -2.35. The number of halogens is 1. The Morgan fingerprint density at radius 1 is 1.02 bits per heavy atom. The third-order valence-corrected chi connectivity index (χ3v) is 9.02. The van der Waals surface area contributed by atoms with E-state index in [4.69, 9.17) is 0 Å². The molecule has 0 atom stereocenters. The molecular formula is C28H33FN8O2S. The van der Waals surface area contributed by atoms with Crippen LogP contribution in [0.15, 0.2) is 65.7 Å². The number of aromatic nitrogens is 4. The average Bonchev–Trinajstić information content (AvgIpc) is 3.35. The number of aryl methyl sites for hydroxylation is 2. The number of piperidine rings is 1. The maximum Gasteiger partial charge on any atom is 0.243 e. The van der Waals surface area contributed by atoms with Gasteiger partial charge in [0, 0.05) is 56.0 Å². The number of nitrogens with zero attached hydrogens (tertiary/aromatic N) is 5. The van der Waals surface area contributed by atoms with Crippen LogP contribution in [-0.2, 0) is 16.6 Å².